The minimum absolute atomic E-state index is 0.172. The zero-order chi connectivity index (χ0) is 15.9. The van der Waals surface area contributed by atoms with Crippen molar-refractivity contribution in [2.24, 2.45) is 11.1 Å². The Morgan fingerprint density at radius 1 is 1.24 bits per heavy atom. The molecule has 0 saturated carbocycles. The van der Waals surface area contributed by atoms with Gasteiger partial charge in [0.1, 0.15) is 5.75 Å². The number of methoxy groups -OCH3 is 1. The molecule has 0 aliphatic heterocycles. The molecule has 1 aromatic rings. The summed E-state index contributed by atoms with van der Waals surface area (Å²) in [6, 6.07) is 8.21. The summed E-state index contributed by atoms with van der Waals surface area (Å²) in [6.45, 7) is 6.08. The zero-order valence-corrected chi connectivity index (χ0v) is 13.8. The first-order valence-electron chi connectivity index (χ1n) is 7.51. The zero-order valence-electron chi connectivity index (χ0n) is 13.8. The molecular formula is C17H29N3O. The first-order chi connectivity index (χ1) is 9.85. The molecule has 0 atom stereocenters. The fraction of sp³-hybridized carbons (Fsp3) is 0.588. The Bertz CT molecular complexity index is 440. The van der Waals surface area contributed by atoms with Gasteiger partial charge in [-0.2, -0.15) is 0 Å². The van der Waals surface area contributed by atoms with Crippen molar-refractivity contribution in [2.45, 2.75) is 39.7 Å². The molecule has 118 valence electrons. The molecule has 0 spiro atoms. The topological polar surface area (TPSA) is 62.3 Å². The largest absolute Gasteiger partial charge is 0.497 e. The molecule has 0 saturated heterocycles. The van der Waals surface area contributed by atoms with Crippen LogP contribution < -0.4 is 10.5 Å². The standard InChI is InChI=1S/C17H29N3O/c1-17(2,16(18)19)11-5-6-12-20(3)13-14-7-9-15(21-4)10-8-14/h7-10H,5-6,11-13H2,1-4H3,(H3,18,19). The summed E-state index contributed by atoms with van der Waals surface area (Å²) in [5.41, 5.74) is 6.72. The second-order valence-electron chi connectivity index (χ2n) is 6.34. The summed E-state index contributed by atoms with van der Waals surface area (Å²) in [7, 11) is 3.82. The maximum Gasteiger partial charge on any atom is 0.118 e. The monoisotopic (exact) mass is 291 g/mol. The Kier molecular flexibility index (Phi) is 6.69. The molecule has 0 fully saturated rings. The molecule has 4 heteroatoms. The quantitative estimate of drug-likeness (QED) is 0.417. The SMILES string of the molecule is COc1ccc(CN(C)CCCCC(C)(C)C(=N)N)cc1. The van der Waals surface area contributed by atoms with E-state index in [9.17, 15) is 0 Å². The van der Waals surface area contributed by atoms with E-state index in [-0.39, 0.29) is 11.3 Å². The van der Waals surface area contributed by atoms with Gasteiger partial charge in [-0.25, -0.2) is 0 Å². The van der Waals surface area contributed by atoms with Crippen molar-refractivity contribution in [1.82, 2.24) is 4.90 Å². The average molecular weight is 291 g/mol. The number of nitrogens with one attached hydrogen (secondary N) is 1. The minimum Gasteiger partial charge on any atom is -0.497 e. The van der Waals surface area contributed by atoms with Crippen LogP contribution in [0.4, 0.5) is 0 Å². The Morgan fingerprint density at radius 2 is 1.86 bits per heavy atom. The van der Waals surface area contributed by atoms with Crippen LogP contribution in [0.15, 0.2) is 24.3 Å². The lowest BCUT2D eigenvalue weighted by molar-refractivity contribution is 0.308. The van der Waals surface area contributed by atoms with Crippen LogP contribution in [-0.4, -0.2) is 31.4 Å². The summed E-state index contributed by atoms with van der Waals surface area (Å²) in [4.78, 5) is 2.32. The van der Waals surface area contributed by atoms with Crippen LogP contribution in [0.2, 0.25) is 0 Å². The number of nitrogens with zero attached hydrogens (tertiary/aromatic N) is 1. The third-order valence-corrected chi connectivity index (χ3v) is 3.93. The third kappa shape index (κ3) is 6.17. The molecule has 0 aliphatic rings. The molecule has 0 amide bonds. The van der Waals surface area contributed by atoms with E-state index in [4.69, 9.17) is 15.9 Å². The highest BCUT2D eigenvalue weighted by Crippen LogP contribution is 2.22. The fourth-order valence-corrected chi connectivity index (χ4v) is 2.21. The number of benzene rings is 1. The lowest BCUT2D eigenvalue weighted by atomic mass is 9.86. The van der Waals surface area contributed by atoms with Gasteiger partial charge in [-0.05, 0) is 44.1 Å². The van der Waals surface area contributed by atoms with Crippen LogP contribution in [0.1, 0.15) is 38.7 Å². The van der Waals surface area contributed by atoms with Crippen LogP contribution in [0.5, 0.6) is 5.75 Å². The van der Waals surface area contributed by atoms with Crippen molar-refractivity contribution < 1.29 is 4.74 Å². The molecule has 4 nitrogen and oxygen atoms in total. The van der Waals surface area contributed by atoms with Crippen LogP contribution in [-0.2, 0) is 6.54 Å². The van der Waals surface area contributed by atoms with Crippen LogP contribution in [0, 0.1) is 10.8 Å². The summed E-state index contributed by atoms with van der Waals surface area (Å²) in [5, 5.41) is 7.56. The van der Waals surface area contributed by atoms with E-state index < -0.39 is 0 Å². The van der Waals surface area contributed by atoms with Crippen molar-refractivity contribution in [3.63, 3.8) is 0 Å². The van der Waals surface area contributed by atoms with E-state index in [1.54, 1.807) is 7.11 Å². The number of unbranched alkanes of at least 4 members (excludes halogenated alkanes) is 1. The van der Waals surface area contributed by atoms with Gasteiger partial charge in [-0.1, -0.05) is 32.4 Å². The van der Waals surface area contributed by atoms with Gasteiger partial charge < -0.3 is 15.4 Å². The van der Waals surface area contributed by atoms with Crippen molar-refractivity contribution in [3.8, 4) is 5.75 Å². The first-order valence-corrected chi connectivity index (χ1v) is 7.51. The molecular weight excluding hydrogens is 262 g/mol. The number of hydrogen-bond donors (Lipinski definition) is 2. The van der Waals surface area contributed by atoms with Crippen LogP contribution >= 0.6 is 0 Å². The van der Waals surface area contributed by atoms with Gasteiger partial charge in [-0.15, -0.1) is 0 Å². The second-order valence-corrected chi connectivity index (χ2v) is 6.34. The van der Waals surface area contributed by atoms with Gasteiger partial charge in [-0.3, -0.25) is 5.41 Å². The second kappa shape index (κ2) is 8.03. The fourth-order valence-electron chi connectivity index (χ4n) is 2.21. The summed E-state index contributed by atoms with van der Waals surface area (Å²) < 4.78 is 5.16. The van der Waals surface area contributed by atoms with Crippen LogP contribution in [0.3, 0.4) is 0 Å². The molecule has 3 N–H and O–H groups in total. The van der Waals surface area contributed by atoms with Gasteiger partial charge in [0.2, 0.25) is 0 Å². The van der Waals surface area contributed by atoms with E-state index >= 15 is 0 Å². The molecule has 0 unspecified atom stereocenters. The smallest absolute Gasteiger partial charge is 0.118 e. The Labute approximate surface area is 128 Å². The molecule has 0 aromatic heterocycles. The van der Waals surface area contributed by atoms with E-state index in [0.717, 1.165) is 38.1 Å². The van der Waals surface area contributed by atoms with Gasteiger partial charge in [0.05, 0.1) is 12.9 Å². The predicted molar refractivity (Wildman–Crippen MR) is 88.9 cm³/mol. The van der Waals surface area contributed by atoms with Crippen molar-refractivity contribution in [2.75, 3.05) is 20.7 Å². The van der Waals surface area contributed by atoms with E-state index in [1.807, 2.05) is 26.0 Å². The average Bonchev–Trinajstić information content (AvgIpc) is 2.44. The lowest BCUT2D eigenvalue weighted by Gasteiger charge is -2.23. The Morgan fingerprint density at radius 3 is 2.38 bits per heavy atom. The van der Waals surface area contributed by atoms with Gasteiger partial charge in [0.15, 0.2) is 0 Å². The number of rotatable bonds is 9. The summed E-state index contributed by atoms with van der Waals surface area (Å²) >= 11 is 0. The highest BCUT2D eigenvalue weighted by molar-refractivity contribution is 5.82. The number of nitrogens with two attached hydrogens (primary N) is 1. The maximum atomic E-state index is 7.56. The van der Waals surface area contributed by atoms with Gasteiger partial charge >= 0.3 is 0 Å². The highest BCUT2D eigenvalue weighted by Gasteiger charge is 2.20. The lowest BCUT2D eigenvalue weighted by Crippen LogP contribution is -2.31. The molecule has 21 heavy (non-hydrogen) atoms. The van der Waals surface area contributed by atoms with Crippen molar-refractivity contribution in [3.05, 3.63) is 29.8 Å². The summed E-state index contributed by atoms with van der Waals surface area (Å²) in [5.74, 6) is 1.18. The van der Waals surface area contributed by atoms with E-state index in [2.05, 4.69) is 24.1 Å². The molecule has 0 heterocycles. The Balaban J connectivity index is 2.27. The molecule has 0 bridgehead atoms. The molecule has 1 aromatic carbocycles. The van der Waals surface area contributed by atoms with Crippen LogP contribution in [0.25, 0.3) is 0 Å². The summed E-state index contributed by atoms with van der Waals surface area (Å²) in [6.07, 6.45) is 3.20. The van der Waals surface area contributed by atoms with Gasteiger partial charge in [0, 0.05) is 12.0 Å². The normalized spacial score (nSPS) is 11.7. The Hall–Kier alpha value is -1.55. The first kappa shape index (κ1) is 17.5. The third-order valence-electron chi connectivity index (χ3n) is 3.93. The molecule has 0 aliphatic carbocycles. The number of ether oxygens (including phenoxy) is 1. The molecule has 1 rings (SSSR count). The number of hydrogen-bond acceptors (Lipinski definition) is 3. The highest BCUT2D eigenvalue weighted by atomic mass is 16.5. The van der Waals surface area contributed by atoms with Gasteiger partial charge in [0.25, 0.3) is 0 Å². The molecule has 0 radical (unpaired) electrons. The van der Waals surface area contributed by atoms with E-state index in [1.165, 1.54) is 5.56 Å². The van der Waals surface area contributed by atoms with E-state index in [0.29, 0.717) is 0 Å². The maximum absolute atomic E-state index is 7.56. The van der Waals surface area contributed by atoms with Crippen molar-refractivity contribution in [1.29, 1.82) is 5.41 Å². The van der Waals surface area contributed by atoms with Crippen molar-refractivity contribution >= 4 is 5.84 Å². The predicted octanol–water partition coefficient (Wildman–Crippen LogP) is 3.26. The number of amidine groups is 1. The minimum atomic E-state index is -0.172.